The van der Waals surface area contributed by atoms with Crippen molar-refractivity contribution >= 4 is 15.9 Å². The summed E-state index contributed by atoms with van der Waals surface area (Å²) in [6.45, 7) is 0.912. The quantitative estimate of drug-likeness (QED) is 0.861. The Balaban J connectivity index is 1.93. The molecule has 1 unspecified atom stereocenters. The Morgan fingerprint density at radius 2 is 1.95 bits per heavy atom. The van der Waals surface area contributed by atoms with Crippen LogP contribution in [-0.4, -0.2) is 13.2 Å². The minimum absolute atomic E-state index is 0.0247. The summed E-state index contributed by atoms with van der Waals surface area (Å²) in [5.41, 5.74) is 6.41. The van der Waals surface area contributed by atoms with E-state index in [0.29, 0.717) is 25.1 Å². The molecular formula is C16H17BrFNO. The third-order valence-corrected chi connectivity index (χ3v) is 3.65. The van der Waals surface area contributed by atoms with Crippen LogP contribution in [0.1, 0.15) is 17.9 Å². The van der Waals surface area contributed by atoms with Gasteiger partial charge in [0.05, 0.1) is 6.61 Å². The number of benzene rings is 2. The first-order chi connectivity index (χ1) is 9.70. The van der Waals surface area contributed by atoms with Crippen LogP contribution in [0.4, 0.5) is 4.39 Å². The van der Waals surface area contributed by atoms with Crippen molar-refractivity contribution in [3.63, 3.8) is 0 Å². The van der Waals surface area contributed by atoms with Gasteiger partial charge in [0.2, 0.25) is 0 Å². The van der Waals surface area contributed by atoms with Gasteiger partial charge in [-0.25, -0.2) is 4.39 Å². The molecule has 0 aliphatic carbocycles. The second-order valence-electron chi connectivity index (χ2n) is 4.55. The van der Waals surface area contributed by atoms with E-state index in [0.717, 1.165) is 10.2 Å². The maximum atomic E-state index is 13.7. The van der Waals surface area contributed by atoms with Crippen LogP contribution in [0.2, 0.25) is 0 Å². The molecule has 0 fully saturated rings. The third-order valence-electron chi connectivity index (χ3n) is 3.16. The molecule has 0 aromatic heterocycles. The summed E-state index contributed by atoms with van der Waals surface area (Å²) in [4.78, 5) is 0. The molecule has 0 aliphatic heterocycles. The van der Waals surface area contributed by atoms with Crippen molar-refractivity contribution in [2.24, 2.45) is 5.73 Å². The molecule has 2 aromatic rings. The van der Waals surface area contributed by atoms with Gasteiger partial charge in [-0.3, -0.25) is 0 Å². The highest BCUT2D eigenvalue weighted by Crippen LogP contribution is 2.23. The minimum Gasteiger partial charge on any atom is -0.494 e. The summed E-state index contributed by atoms with van der Waals surface area (Å²) in [7, 11) is 0. The van der Waals surface area contributed by atoms with Crippen LogP contribution in [0.3, 0.4) is 0 Å². The SMILES string of the molecule is NCC(CCOc1cccc(Br)c1)c1ccccc1F. The molecule has 2 aromatic carbocycles. The highest BCUT2D eigenvalue weighted by molar-refractivity contribution is 9.10. The number of ether oxygens (including phenoxy) is 1. The average molecular weight is 338 g/mol. The Kier molecular flexibility index (Phi) is 5.56. The standard InChI is InChI=1S/C16H17BrFNO/c17-13-4-3-5-14(10-13)20-9-8-12(11-19)15-6-1-2-7-16(15)18/h1-7,10,12H,8-9,11,19H2. The number of halogens is 2. The second kappa shape index (κ2) is 7.41. The summed E-state index contributed by atoms with van der Waals surface area (Å²) in [6, 6.07) is 14.4. The van der Waals surface area contributed by atoms with E-state index in [1.54, 1.807) is 12.1 Å². The minimum atomic E-state index is -0.203. The molecule has 0 aliphatic rings. The highest BCUT2D eigenvalue weighted by Gasteiger charge is 2.13. The van der Waals surface area contributed by atoms with Gasteiger partial charge in [-0.2, -0.15) is 0 Å². The van der Waals surface area contributed by atoms with Crippen LogP contribution in [-0.2, 0) is 0 Å². The van der Waals surface area contributed by atoms with Gasteiger partial charge in [0.1, 0.15) is 11.6 Å². The van der Waals surface area contributed by atoms with Crippen molar-refractivity contribution in [3.05, 3.63) is 64.4 Å². The van der Waals surface area contributed by atoms with Gasteiger partial charge in [-0.15, -0.1) is 0 Å². The Hall–Kier alpha value is -1.39. The number of nitrogens with two attached hydrogens (primary N) is 1. The van der Waals surface area contributed by atoms with E-state index in [4.69, 9.17) is 10.5 Å². The summed E-state index contributed by atoms with van der Waals surface area (Å²) >= 11 is 3.39. The smallest absolute Gasteiger partial charge is 0.126 e. The Morgan fingerprint density at radius 1 is 1.15 bits per heavy atom. The lowest BCUT2D eigenvalue weighted by molar-refractivity contribution is 0.297. The Morgan fingerprint density at radius 3 is 2.65 bits per heavy atom. The summed E-state index contributed by atoms with van der Waals surface area (Å²) in [5.74, 6) is 0.567. The molecule has 0 spiro atoms. The average Bonchev–Trinajstić information content (AvgIpc) is 2.45. The van der Waals surface area contributed by atoms with Gasteiger partial charge in [0.25, 0.3) is 0 Å². The van der Waals surface area contributed by atoms with Gasteiger partial charge in [-0.05, 0) is 42.8 Å². The van der Waals surface area contributed by atoms with Crippen LogP contribution in [0.25, 0.3) is 0 Å². The van der Waals surface area contributed by atoms with E-state index in [9.17, 15) is 4.39 Å². The molecule has 0 bridgehead atoms. The van der Waals surface area contributed by atoms with E-state index in [1.807, 2.05) is 30.3 Å². The first kappa shape index (κ1) is 15.0. The Labute approximate surface area is 126 Å². The zero-order valence-corrected chi connectivity index (χ0v) is 12.6. The molecule has 20 heavy (non-hydrogen) atoms. The second-order valence-corrected chi connectivity index (χ2v) is 5.46. The van der Waals surface area contributed by atoms with E-state index in [1.165, 1.54) is 6.07 Å². The number of hydrogen-bond acceptors (Lipinski definition) is 2. The normalized spacial score (nSPS) is 12.2. The van der Waals surface area contributed by atoms with Crippen molar-refractivity contribution in [2.45, 2.75) is 12.3 Å². The molecule has 0 amide bonds. The van der Waals surface area contributed by atoms with Gasteiger partial charge in [0, 0.05) is 10.4 Å². The first-order valence-electron chi connectivity index (χ1n) is 6.53. The highest BCUT2D eigenvalue weighted by atomic mass is 79.9. The molecule has 0 heterocycles. The van der Waals surface area contributed by atoms with E-state index >= 15 is 0 Å². The fourth-order valence-electron chi connectivity index (χ4n) is 2.08. The van der Waals surface area contributed by atoms with Gasteiger partial charge in [-0.1, -0.05) is 40.2 Å². The van der Waals surface area contributed by atoms with Gasteiger partial charge < -0.3 is 10.5 Å². The van der Waals surface area contributed by atoms with Crippen LogP contribution in [0.5, 0.6) is 5.75 Å². The number of hydrogen-bond donors (Lipinski definition) is 1. The van der Waals surface area contributed by atoms with Crippen LogP contribution in [0.15, 0.2) is 53.0 Å². The molecule has 2 rings (SSSR count). The Bertz CT molecular complexity index is 562. The van der Waals surface area contributed by atoms with Crippen molar-refractivity contribution in [1.82, 2.24) is 0 Å². The van der Waals surface area contributed by atoms with Crippen LogP contribution >= 0.6 is 15.9 Å². The van der Waals surface area contributed by atoms with E-state index < -0.39 is 0 Å². The summed E-state index contributed by atoms with van der Waals surface area (Å²) < 4.78 is 20.4. The largest absolute Gasteiger partial charge is 0.494 e. The monoisotopic (exact) mass is 337 g/mol. The van der Waals surface area contributed by atoms with Gasteiger partial charge in [0.15, 0.2) is 0 Å². The molecule has 2 N–H and O–H groups in total. The molecule has 4 heteroatoms. The first-order valence-corrected chi connectivity index (χ1v) is 7.33. The predicted molar refractivity (Wildman–Crippen MR) is 82.4 cm³/mol. The van der Waals surface area contributed by atoms with Crippen molar-refractivity contribution in [1.29, 1.82) is 0 Å². The molecule has 1 atom stereocenters. The summed E-state index contributed by atoms with van der Waals surface area (Å²) in [5, 5.41) is 0. The van der Waals surface area contributed by atoms with E-state index in [2.05, 4.69) is 15.9 Å². The topological polar surface area (TPSA) is 35.2 Å². The van der Waals surface area contributed by atoms with Crippen LogP contribution < -0.4 is 10.5 Å². The molecule has 0 saturated carbocycles. The molecular weight excluding hydrogens is 321 g/mol. The zero-order valence-electron chi connectivity index (χ0n) is 11.1. The molecule has 0 saturated heterocycles. The predicted octanol–water partition coefficient (Wildman–Crippen LogP) is 4.10. The summed E-state index contributed by atoms with van der Waals surface area (Å²) in [6.07, 6.45) is 0.684. The fourth-order valence-corrected chi connectivity index (χ4v) is 2.46. The zero-order chi connectivity index (χ0) is 14.4. The van der Waals surface area contributed by atoms with Crippen molar-refractivity contribution in [2.75, 3.05) is 13.2 Å². The van der Waals surface area contributed by atoms with Crippen molar-refractivity contribution in [3.8, 4) is 5.75 Å². The maximum Gasteiger partial charge on any atom is 0.126 e. The third kappa shape index (κ3) is 4.05. The molecule has 106 valence electrons. The fraction of sp³-hybridized carbons (Fsp3) is 0.250. The maximum absolute atomic E-state index is 13.7. The van der Waals surface area contributed by atoms with Crippen molar-refractivity contribution < 1.29 is 9.13 Å². The lowest BCUT2D eigenvalue weighted by Crippen LogP contribution is -2.16. The lowest BCUT2D eigenvalue weighted by atomic mass is 9.96. The van der Waals surface area contributed by atoms with E-state index in [-0.39, 0.29) is 11.7 Å². The molecule has 0 radical (unpaired) electrons. The van der Waals surface area contributed by atoms with Gasteiger partial charge >= 0.3 is 0 Å². The van der Waals surface area contributed by atoms with Crippen LogP contribution in [0, 0.1) is 5.82 Å². The number of rotatable bonds is 6. The molecule has 2 nitrogen and oxygen atoms in total. The lowest BCUT2D eigenvalue weighted by Gasteiger charge is -2.16.